The predicted octanol–water partition coefficient (Wildman–Crippen LogP) is -1.25. The average molecular weight is 293 g/mol. The van der Waals surface area contributed by atoms with Crippen molar-refractivity contribution in [2.45, 2.75) is 24.9 Å². The maximum absolute atomic E-state index is 11.5. The average Bonchev–Trinajstić information content (AvgIpc) is 3.00. The fraction of sp³-hybridized carbons (Fsp3) is 0.417. The highest BCUT2D eigenvalue weighted by Gasteiger charge is 2.35. The van der Waals surface area contributed by atoms with Crippen molar-refractivity contribution in [2.24, 2.45) is 5.73 Å². The topological polar surface area (TPSA) is 150 Å². The normalized spacial score (nSPS) is 25.5. The van der Waals surface area contributed by atoms with E-state index in [0.717, 1.165) is 0 Å². The van der Waals surface area contributed by atoms with Crippen molar-refractivity contribution in [1.82, 2.24) is 14.5 Å². The smallest absolute Gasteiger partial charge is 0.251 e. The first-order valence-corrected chi connectivity index (χ1v) is 6.38. The Morgan fingerprint density at radius 2 is 2.29 bits per heavy atom. The Labute approximate surface area is 119 Å². The summed E-state index contributed by atoms with van der Waals surface area (Å²) in [6.45, 7) is -0.295. The molecule has 9 nitrogen and oxygen atoms in total. The zero-order chi connectivity index (χ0) is 15.1. The molecular formula is C12H15N5O4. The number of aliphatic hydroxyl groups excluding tert-OH is 2. The third kappa shape index (κ3) is 2.11. The zero-order valence-electron chi connectivity index (χ0n) is 11.0. The Hall–Kier alpha value is -2.23. The number of ether oxygens (including phenoxy) is 1. The molecule has 1 aliphatic heterocycles. The quantitative estimate of drug-likeness (QED) is 0.552. The van der Waals surface area contributed by atoms with Gasteiger partial charge in [0, 0.05) is 12.6 Å². The van der Waals surface area contributed by atoms with Crippen LogP contribution in [0.3, 0.4) is 0 Å². The second-order valence-corrected chi connectivity index (χ2v) is 4.89. The van der Waals surface area contributed by atoms with Crippen LogP contribution in [0.5, 0.6) is 0 Å². The molecule has 3 rings (SSSR count). The van der Waals surface area contributed by atoms with Crippen LogP contribution in [0.15, 0.2) is 12.5 Å². The molecule has 21 heavy (non-hydrogen) atoms. The van der Waals surface area contributed by atoms with E-state index in [0.29, 0.717) is 11.0 Å². The van der Waals surface area contributed by atoms with Gasteiger partial charge in [-0.3, -0.25) is 4.79 Å². The van der Waals surface area contributed by atoms with Crippen molar-refractivity contribution in [1.29, 1.82) is 0 Å². The molecule has 0 aromatic carbocycles. The van der Waals surface area contributed by atoms with E-state index in [1.807, 2.05) is 0 Å². The summed E-state index contributed by atoms with van der Waals surface area (Å²) in [6, 6.07) is 0. The largest absolute Gasteiger partial charge is 0.394 e. The lowest BCUT2D eigenvalue weighted by Gasteiger charge is -2.14. The summed E-state index contributed by atoms with van der Waals surface area (Å²) >= 11 is 0. The molecule has 0 unspecified atom stereocenters. The second-order valence-electron chi connectivity index (χ2n) is 4.89. The van der Waals surface area contributed by atoms with Gasteiger partial charge >= 0.3 is 0 Å². The first-order chi connectivity index (χ1) is 10.0. The number of hydrogen-bond donors (Lipinski definition) is 4. The van der Waals surface area contributed by atoms with Crippen LogP contribution < -0.4 is 11.5 Å². The van der Waals surface area contributed by atoms with Gasteiger partial charge in [-0.15, -0.1) is 0 Å². The summed E-state index contributed by atoms with van der Waals surface area (Å²) in [6.07, 6.45) is 0.972. The zero-order valence-corrected chi connectivity index (χ0v) is 11.0. The molecule has 0 saturated carbocycles. The van der Waals surface area contributed by atoms with E-state index < -0.39 is 24.3 Å². The summed E-state index contributed by atoms with van der Waals surface area (Å²) in [5.41, 5.74) is 11.7. The second kappa shape index (κ2) is 4.95. The van der Waals surface area contributed by atoms with Crippen LogP contribution >= 0.6 is 0 Å². The number of carbonyl (C=O) groups is 1. The van der Waals surface area contributed by atoms with Gasteiger partial charge in [-0.25, -0.2) is 9.97 Å². The number of nitrogens with zero attached hydrogens (tertiary/aromatic N) is 3. The lowest BCUT2D eigenvalue weighted by molar-refractivity contribution is -0.0430. The minimum Gasteiger partial charge on any atom is -0.394 e. The van der Waals surface area contributed by atoms with Gasteiger partial charge in [0.05, 0.1) is 23.7 Å². The van der Waals surface area contributed by atoms with E-state index in [9.17, 15) is 9.90 Å². The Bertz CT molecular complexity index is 700. The van der Waals surface area contributed by atoms with Crippen molar-refractivity contribution >= 4 is 22.8 Å². The molecule has 112 valence electrons. The molecule has 3 atom stereocenters. The third-order valence-corrected chi connectivity index (χ3v) is 3.60. The molecule has 0 bridgehead atoms. The van der Waals surface area contributed by atoms with Gasteiger partial charge in [0.2, 0.25) is 0 Å². The molecular weight excluding hydrogens is 278 g/mol. The van der Waals surface area contributed by atoms with Crippen molar-refractivity contribution in [3.63, 3.8) is 0 Å². The minimum atomic E-state index is -0.798. The predicted molar refractivity (Wildman–Crippen MR) is 72.1 cm³/mol. The van der Waals surface area contributed by atoms with E-state index in [1.165, 1.54) is 12.5 Å². The Kier molecular flexibility index (Phi) is 3.24. The van der Waals surface area contributed by atoms with E-state index >= 15 is 0 Å². The van der Waals surface area contributed by atoms with Gasteiger partial charge in [-0.05, 0) is 0 Å². The maximum atomic E-state index is 11.5. The molecule has 1 saturated heterocycles. The third-order valence-electron chi connectivity index (χ3n) is 3.60. The molecule has 9 heteroatoms. The summed E-state index contributed by atoms with van der Waals surface area (Å²) in [7, 11) is 0. The van der Waals surface area contributed by atoms with E-state index in [-0.39, 0.29) is 24.4 Å². The fourth-order valence-electron chi connectivity index (χ4n) is 2.56. The molecule has 2 aromatic rings. The Morgan fingerprint density at radius 1 is 1.52 bits per heavy atom. The molecule has 0 radical (unpaired) electrons. The van der Waals surface area contributed by atoms with Gasteiger partial charge in [0.25, 0.3) is 5.91 Å². The van der Waals surface area contributed by atoms with Gasteiger partial charge < -0.3 is 31.0 Å². The number of amides is 1. The van der Waals surface area contributed by atoms with Crippen LogP contribution in [0.4, 0.5) is 5.82 Å². The first kappa shape index (κ1) is 13.7. The summed E-state index contributed by atoms with van der Waals surface area (Å²) in [5, 5.41) is 19.3. The van der Waals surface area contributed by atoms with Gasteiger partial charge in [0.15, 0.2) is 0 Å². The molecule has 6 N–H and O–H groups in total. The standard InChI is InChI=1S/C12H15N5O4/c13-10-9-5(11(14)20)2-17(12(9)16-4-15-10)8-1-6(19)7(3-18)21-8/h2,4,6-8,18-19H,1,3H2,(H2,14,20)(H2,13,15,16)/t6-,7+,8+/m0/s1. The van der Waals surface area contributed by atoms with Gasteiger partial charge in [-0.2, -0.15) is 0 Å². The van der Waals surface area contributed by atoms with Crippen LogP contribution in [0.2, 0.25) is 0 Å². The van der Waals surface area contributed by atoms with E-state index in [2.05, 4.69) is 9.97 Å². The molecule has 0 spiro atoms. The fourth-order valence-corrected chi connectivity index (χ4v) is 2.56. The number of rotatable bonds is 3. The molecule has 3 heterocycles. The number of primary amides is 1. The van der Waals surface area contributed by atoms with Crippen molar-refractivity contribution in [3.8, 4) is 0 Å². The number of anilines is 1. The van der Waals surface area contributed by atoms with Crippen molar-refractivity contribution < 1.29 is 19.7 Å². The van der Waals surface area contributed by atoms with Crippen molar-refractivity contribution in [3.05, 3.63) is 18.1 Å². The lowest BCUT2D eigenvalue weighted by atomic mass is 10.2. The monoisotopic (exact) mass is 293 g/mol. The molecule has 1 fully saturated rings. The van der Waals surface area contributed by atoms with Crippen LogP contribution in [-0.2, 0) is 4.74 Å². The summed E-state index contributed by atoms with van der Waals surface area (Å²) < 4.78 is 7.14. The number of carbonyl (C=O) groups excluding carboxylic acids is 1. The summed E-state index contributed by atoms with van der Waals surface area (Å²) in [4.78, 5) is 19.5. The highest BCUT2D eigenvalue weighted by atomic mass is 16.5. The highest BCUT2D eigenvalue weighted by molar-refractivity contribution is 6.08. The van der Waals surface area contributed by atoms with Gasteiger partial charge in [0.1, 0.15) is 30.1 Å². The Morgan fingerprint density at radius 3 is 2.90 bits per heavy atom. The number of nitrogens with two attached hydrogens (primary N) is 2. The Balaban J connectivity index is 2.12. The number of nitrogen functional groups attached to an aromatic ring is 1. The first-order valence-electron chi connectivity index (χ1n) is 6.38. The summed E-state index contributed by atoms with van der Waals surface area (Å²) in [5.74, 6) is -0.512. The molecule has 1 aliphatic rings. The van der Waals surface area contributed by atoms with Crippen LogP contribution in [-0.4, -0.2) is 49.5 Å². The lowest BCUT2D eigenvalue weighted by Crippen LogP contribution is -2.24. The molecule has 2 aromatic heterocycles. The highest BCUT2D eigenvalue weighted by Crippen LogP contribution is 2.33. The number of aliphatic hydroxyl groups is 2. The minimum absolute atomic E-state index is 0.143. The molecule has 0 aliphatic carbocycles. The van der Waals surface area contributed by atoms with Crippen LogP contribution in [0.25, 0.3) is 11.0 Å². The van der Waals surface area contributed by atoms with Crippen molar-refractivity contribution in [2.75, 3.05) is 12.3 Å². The number of hydrogen-bond acceptors (Lipinski definition) is 7. The van der Waals surface area contributed by atoms with Crippen LogP contribution in [0.1, 0.15) is 23.0 Å². The van der Waals surface area contributed by atoms with Crippen LogP contribution in [0, 0.1) is 0 Å². The van der Waals surface area contributed by atoms with Gasteiger partial charge in [-0.1, -0.05) is 0 Å². The van der Waals surface area contributed by atoms with E-state index in [1.54, 1.807) is 4.57 Å². The maximum Gasteiger partial charge on any atom is 0.251 e. The molecule has 1 amide bonds. The number of fused-ring (bicyclic) bond motifs is 1. The van der Waals surface area contributed by atoms with E-state index in [4.69, 9.17) is 21.3 Å². The number of aromatic nitrogens is 3. The SMILES string of the molecule is NC(=O)c1cn([C@H]2C[C@H](O)[C@@H](CO)O2)c2ncnc(N)c12.